The average molecular weight is 161 g/mol. The summed E-state index contributed by atoms with van der Waals surface area (Å²) in [6.45, 7) is 4.27. The molecular formula is C9H11N3. The molecule has 1 N–H and O–H groups in total. The SMILES string of the molecule is CC(C)c1ccc2[nH]ncc2n1. The maximum absolute atomic E-state index is 4.44. The monoisotopic (exact) mass is 161 g/mol. The van der Waals surface area contributed by atoms with Crippen molar-refractivity contribution in [1.82, 2.24) is 15.2 Å². The summed E-state index contributed by atoms with van der Waals surface area (Å²) >= 11 is 0. The third-order valence-electron chi connectivity index (χ3n) is 1.91. The van der Waals surface area contributed by atoms with Crippen LogP contribution in [0.4, 0.5) is 0 Å². The Bertz CT molecular complexity index is 389. The molecule has 0 aliphatic heterocycles. The highest BCUT2D eigenvalue weighted by molar-refractivity contribution is 5.73. The maximum atomic E-state index is 4.44. The van der Waals surface area contributed by atoms with Crippen molar-refractivity contribution in [2.75, 3.05) is 0 Å². The van der Waals surface area contributed by atoms with Crippen molar-refractivity contribution >= 4 is 11.0 Å². The molecule has 0 unspecified atom stereocenters. The largest absolute Gasteiger partial charge is 0.276 e. The molecule has 0 fully saturated rings. The number of H-pyrrole nitrogens is 1. The van der Waals surface area contributed by atoms with Gasteiger partial charge >= 0.3 is 0 Å². The molecule has 0 atom stereocenters. The van der Waals surface area contributed by atoms with Gasteiger partial charge in [0.1, 0.15) is 5.52 Å². The van der Waals surface area contributed by atoms with Crippen LogP contribution >= 0.6 is 0 Å². The average Bonchev–Trinajstić information content (AvgIpc) is 2.49. The summed E-state index contributed by atoms with van der Waals surface area (Å²) in [4.78, 5) is 4.44. The molecule has 0 aromatic carbocycles. The number of rotatable bonds is 1. The molecule has 0 bridgehead atoms. The van der Waals surface area contributed by atoms with E-state index in [4.69, 9.17) is 0 Å². The smallest absolute Gasteiger partial charge is 0.108 e. The van der Waals surface area contributed by atoms with E-state index in [-0.39, 0.29) is 0 Å². The lowest BCUT2D eigenvalue weighted by atomic mass is 10.1. The van der Waals surface area contributed by atoms with Gasteiger partial charge in [0.05, 0.1) is 11.7 Å². The second-order valence-electron chi connectivity index (χ2n) is 3.19. The quantitative estimate of drug-likeness (QED) is 0.695. The van der Waals surface area contributed by atoms with Gasteiger partial charge in [0.15, 0.2) is 0 Å². The lowest BCUT2D eigenvalue weighted by Crippen LogP contribution is -1.90. The number of hydrogen-bond donors (Lipinski definition) is 1. The van der Waals surface area contributed by atoms with E-state index in [1.54, 1.807) is 6.20 Å². The Morgan fingerprint density at radius 2 is 2.17 bits per heavy atom. The fourth-order valence-electron chi connectivity index (χ4n) is 1.17. The van der Waals surface area contributed by atoms with Gasteiger partial charge in [0.25, 0.3) is 0 Å². The van der Waals surface area contributed by atoms with Crippen molar-refractivity contribution in [3.05, 3.63) is 24.0 Å². The van der Waals surface area contributed by atoms with Gasteiger partial charge in [0.2, 0.25) is 0 Å². The van der Waals surface area contributed by atoms with Crippen molar-refractivity contribution in [3.63, 3.8) is 0 Å². The van der Waals surface area contributed by atoms with Crippen LogP contribution in [0.15, 0.2) is 18.3 Å². The van der Waals surface area contributed by atoms with Crippen LogP contribution in [0.25, 0.3) is 11.0 Å². The zero-order valence-electron chi connectivity index (χ0n) is 7.20. The van der Waals surface area contributed by atoms with Gasteiger partial charge in [-0.15, -0.1) is 0 Å². The summed E-state index contributed by atoms with van der Waals surface area (Å²) in [7, 11) is 0. The first-order valence-electron chi connectivity index (χ1n) is 4.07. The second kappa shape index (κ2) is 2.59. The second-order valence-corrected chi connectivity index (χ2v) is 3.19. The van der Waals surface area contributed by atoms with Gasteiger partial charge < -0.3 is 0 Å². The molecule has 0 saturated heterocycles. The third-order valence-corrected chi connectivity index (χ3v) is 1.91. The topological polar surface area (TPSA) is 41.6 Å². The van der Waals surface area contributed by atoms with Crippen LogP contribution < -0.4 is 0 Å². The fraction of sp³-hybridized carbons (Fsp3) is 0.333. The maximum Gasteiger partial charge on any atom is 0.108 e. The molecule has 0 amide bonds. The number of aromatic amines is 1. The first-order chi connectivity index (χ1) is 5.77. The number of pyridine rings is 1. The highest BCUT2D eigenvalue weighted by Gasteiger charge is 2.02. The van der Waals surface area contributed by atoms with E-state index in [0.717, 1.165) is 16.7 Å². The molecule has 0 aliphatic rings. The molecule has 3 heteroatoms. The molecule has 62 valence electrons. The number of nitrogens with zero attached hydrogens (tertiary/aromatic N) is 2. The summed E-state index contributed by atoms with van der Waals surface area (Å²) in [5.41, 5.74) is 3.06. The van der Waals surface area contributed by atoms with Gasteiger partial charge in [-0.1, -0.05) is 13.8 Å². The Hall–Kier alpha value is -1.38. The standard InChI is InChI=1S/C9H11N3/c1-6(2)7-3-4-8-9(11-7)5-10-12-8/h3-6H,1-2H3,(H,10,12). The van der Waals surface area contributed by atoms with Crippen LogP contribution in [0.5, 0.6) is 0 Å². The van der Waals surface area contributed by atoms with E-state index in [9.17, 15) is 0 Å². The minimum Gasteiger partial charge on any atom is -0.276 e. The minimum absolute atomic E-state index is 0.476. The Balaban J connectivity index is 2.60. The van der Waals surface area contributed by atoms with Crippen LogP contribution in [-0.2, 0) is 0 Å². The van der Waals surface area contributed by atoms with Gasteiger partial charge in [-0.3, -0.25) is 5.10 Å². The molecular weight excluding hydrogens is 150 g/mol. The summed E-state index contributed by atoms with van der Waals surface area (Å²) < 4.78 is 0. The Morgan fingerprint density at radius 1 is 1.33 bits per heavy atom. The molecule has 3 nitrogen and oxygen atoms in total. The molecule has 0 spiro atoms. The number of nitrogens with one attached hydrogen (secondary N) is 1. The van der Waals surface area contributed by atoms with E-state index in [1.807, 2.05) is 12.1 Å². The third kappa shape index (κ3) is 1.07. The van der Waals surface area contributed by atoms with Crippen molar-refractivity contribution in [1.29, 1.82) is 0 Å². The van der Waals surface area contributed by atoms with Gasteiger partial charge in [0, 0.05) is 5.69 Å². The zero-order chi connectivity index (χ0) is 8.55. The molecule has 2 aromatic rings. The molecule has 2 rings (SSSR count). The summed E-state index contributed by atoms with van der Waals surface area (Å²) in [6.07, 6.45) is 1.75. The molecule has 0 aliphatic carbocycles. The minimum atomic E-state index is 0.476. The summed E-state index contributed by atoms with van der Waals surface area (Å²) in [6, 6.07) is 4.05. The zero-order valence-corrected chi connectivity index (χ0v) is 7.20. The lowest BCUT2D eigenvalue weighted by molar-refractivity contribution is 0.830. The van der Waals surface area contributed by atoms with Crippen LogP contribution in [0.3, 0.4) is 0 Å². The van der Waals surface area contributed by atoms with E-state index in [0.29, 0.717) is 5.92 Å². The van der Waals surface area contributed by atoms with Gasteiger partial charge in [-0.05, 0) is 18.1 Å². The molecule has 12 heavy (non-hydrogen) atoms. The molecule has 2 heterocycles. The van der Waals surface area contributed by atoms with Crippen molar-refractivity contribution < 1.29 is 0 Å². The number of fused-ring (bicyclic) bond motifs is 1. The Morgan fingerprint density at radius 3 is 2.92 bits per heavy atom. The van der Waals surface area contributed by atoms with E-state index in [2.05, 4.69) is 29.0 Å². The van der Waals surface area contributed by atoms with Crippen LogP contribution in [0, 0.1) is 0 Å². The van der Waals surface area contributed by atoms with E-state index >= 15 is 0 Å². The van der Waals surface area contributed by atoms with E-state index < -0.39 is 0 Å². The summed E-state index contributed by atoms with van der Waals surface area (Å²) in [5.74, 6) is 0.476. The van der Waals surface area contributed by atoms with Crippen LogP contribution in [0.1, 0.15) is 25.5 Å². The Labute approximate surface area is 70.8 Å². The first-order valence-corrected chi connectivity index (χ1v) is 4.07. The highest BCUT2D eigenvalue weighted by atomic mass is 15.1. The van der Waals surface area contributed by atoms with Crippen molar-refractivity contribution in [2.45, 2.75) is 19.8 Å². The van der Waals surface area contributed by atoms with Gasteiger partial charge in [-0.25, -0.2) is 4.98 Å². The predicted molar refractivity (Wildman–Crippen MR) is 48.0 cm³/mol. The number of aromatic nitrogens is 3. The first kappa shape index (κ1) is 7.28. The van der Waals surface area contributed by atoms with Crippen LogP contribution in [-0.4, -0.2) is 15.2 Å². The normalized spacial score (nSPS) is 11.2. The van der Waals surface area contributed by atoms with Crippen molar-refractivity contribution in [3.8, 4) is 0 Å². The summed E-state index contributed by atoms with van der Waals surface area (Å²) in [5, 5.41) is 6.79. The molecule has 0 radical (unpaired) electrons. The number of hydrogen-bond acceptors (Lipinski definition) is 2. The highest BCUT2D eigenvalue weighted by Crippen LogP contribution is 2.14. The van der Waals surface area contributed by atoms with E-state index in [1.165, 1.54) is 0 Å². The van der Waals surface area contributed by atoms with Crippen molar-refractivity contribution in [2.24, 2.45) is 0 Å². The Kier molecular flexibility index (Phi) is 1.57. The van der Waals surface area contributed by atoms with Crippen LogP contribution in [0.2, 0.25) is 0 Å². The van der Waals surface area contributed by atoms with Gasteiger partial charge in [-0.2, -0.15) is 5.10 Å². The molecule has 0 saturated carbocycles. The predicted octanol–water partition coefficient (Wildman–Crippen LogP) is 2.08. The lowest BCUT2D eigenvalue weighted by Gasteiger charge is -2.02. The fourth-order valence-corrected chi connectivity index (χ4v) is 1.17. The molecule has 2 aromatic heterocycles.